The van der Waals surface area contributed by atoms with Gasteiger partial charge in [0.05, 0.1) is 18.6 Å². The first-order chi connectivity index (χ1) is 8.68. The van der Waals surface area contributed by atoms with Crippen LogP contribution in [0.5, 0.6) is 0 Å². The van der Waals surface area contributed by atoms with Gasteiger partial charge in [-0.1, -0.05) is 30.3 Å². The third kappa shape index (κ3) is 1.64. The summed E-state index contributed by atoms with van der Waals surface area (Å²) in [6.45, 7) is 0.402. The Morgan fingerprint density at radius 2 is 1.61 bits per heavy atom. The summed E-state index contributed by atoms with van der Waals surface area (Å²) in [5.74, 6) is -0.0831. The van der Waals surface area contributed by atoms with Crippen LogP contribution in [-0.4, -0.2) is 40.7 Å². The number of piperazine rings is 1. The molecule has 0 radical (unpaired) electrons. The zero-order chi connectivity index (χ0) is 12.7. The molecule has 2 atom stereocenters. The largest absolute Gasteiger partial charge is 0.283 e. The average Bonchev–Trinajstić information content (AvgIpc) is 2.71. The van der Waals surface area contributed by atoms with Gasteiger partial charge >= 0.3 is 0 Å². The SMILES string of the molecule is CN1C2CCC1C(=O)N(Cc1ccccc1)C2=O. The molecule has 18 heavy (non-hydrogen) atoms. The molecule has 94 valence electrons. The zero-order valence-electron chi connectivity index (χ0n) is 10.4. The molecule has 2 amide bonds. The summed E-state index contributed by atoms with van der Waals surface area (Å²) in [5.41, 5.74) is 1.00. The number of benzene rings is 1. The maximum absolute atomic E-state index is 12.3. The normalized spacial score (nSPS) is 27.9. The number of fused-ring (bicyclic) bond motifs is 2. The molecule has 2 unspecified atom stereocenters. The van der Waals surface area contributed by atoms with Crippen LogP contribution in [0.1, 0.15) is 18.4 Å². The van der Waals surface area contributed by atoms with Gasteiger partial charge in [0, 0.05) is 0 Å². The molecule has 0 spiro atoms. The van der Waals surface area contributed by atoms with Crippen LogP contribution in [0.2, 0.25) is 0 Å². The van der Waals surface area contributed by atoms with Crippen LogP contribution in [0, 0.1) is 0 Å². The molecular weight excluding hydrogens is 228 g/mol. The Hall–Kier alpha value is -1.68. The molecule has 0 aliphatic carbocycles. The number of imide groups is 1. The van der Waals surface area contributed by atoms with Crippen LogP contribution in [0.15, 0.2) is 30.3 Å². The lowest BCUT2D eigenvalue weighted by Gasteiger charge is -2.36. The van der Waals surface area contributed by atoms with E-state index in [1.807, 2.05) is 42.3 Å². The van der Waals surface area contributed by atoms with E-state index in [0.717, 1.165) is 18.4 Å². The van der Waals surface area contributed by atoms with Crippen LogP contribution in [0.3, 0.4) is 0 Å². The van der Waals surface area contributed by atoms with Gasteiger partial charge in [-0.05, 0) is 25.5 Å². The van der Waals surface area contributed by atoms with Crippen molar-refractivity contribution in [2.24, 2.45) is 0 Å². The second kappa shape index (κ2) is 4.21. The molecule has 2 aliphatic heterocycles. The third-order valence-electron chi connectivity index (χ3n) is 3.98. The van der Waals surface area contributed by atoms with Gasteiger partial charge in [0.1, 0.15) is 0 Å². The number of amides is 2. The van der Waals surface area contributed by atoms with E-state index in [9.17, 15) is 9.59 Å². The second-order valence-electron chi connectivity index (χ2n) is 5.02. The van der Waals surface area contributed by atoms with Gasteiger partial charge in [-0.15, -0.1) is 0 Å². The molecule has 2 aliphatic rings. The highest BCUT2D eigenvalue weighted by Gasteiger charge is 2.48. The van der Waals surface area contributed by atoms with Crippen molar-refractivity contribution >= 4 is 11.8 Å². The lowest BCUT2D eigenvalue weighted by molar-refractivity contribution is -0.156. The Kier molecular flexibility index (Phi) is 2.67. The van der Waals surface area contributed by atoms with Crippen molar-refractivity contribution in [3.63, 3.8) is 0 Å². The van der Waals surface area contributed by atoms with E-state index in [4.69, 9.17) is 0 Å². The molecule has 2 heterocycles. The summed E-state index contributed by atoms with van der Waals surface area (Å²) >= 11 is 0. The Morgan fingerprint density at radius 3 is 2.17 bits per heavy atom. The van der Waals surface area contributed by atoms with E-state index in [1.165, 1.54) is 4.90 Å². The lowest BCUT2D eigenvalue weighted by atomic mass is 10.1. The molecule has 1 aromatic rings. The first kappa shape index (κ1) is 11.4. The van der Waals surface area contributed by atoms with Crippen molar-refractivity contribution in [3.05, 3.63) is 35.9 Å². The predicted molar refractivity (Wildman–Crippen MR) is 66.6 cm³/mol. The van der Waals surface area contributed by atoms with E-state index in [-0.39, 0.29) is 23.9 Å². The summed E-state index contributed by atoms with van der Waals surface area (Å²) in [5, 5.41) is 0. The molecule has 0 saturated carbocycles. The number of carbonyl (C=O) groups excluding carboxylic acids is 2. The summed E-state index contributed by atoms with van der Waals surface area (Å²) in [6, 6.07) is 9.47. The number of likely N-dealkylation sites (N-methyl/N-ethyl adjacent to an activating group) is 1. The second-order valence-corrected chi connectivity index (χ2v) is 5.02. The highest BCUT2D eigenvalue weighted by Crippen LogP contribution is 2.31. The van der Waals surface area contributed by atoms with Crippen LogP contribution < -0.4 is 0 Å². The van der Waals surface area contributed by atoms with E-state index in [0.29, 0.717) is 6.54 Å². The number of carbonyl (C=O) groups is 2. The monoisotopic (exact) mass is 244 g/mol. The van der Waals surface area contributed by atoms with E-state index in [1.54, 1.807) is 0 Å². The van der Waals surface area contributed by atoms with E-state index < -0.39 is 0 Å². The minimum atomic E-state index is -0.101. The summed E-state index contributed by atoms with van der Waals surface area (Å²) < 4.78 is 0. The van der Waals surface area contributed by atoms with Crippen LogP contribution in [0.4, 0.5) is 0 Å². The molecule has 2 saturated heterocycles. The molecule has 4 nitrogen and oxygen atoms in total. The number of hydrogen-bond acceptors (Lipinski definition) is 3. The third-order valence-corrected chi connectivity index (χ3v) is 3.98. The number of nitrogens with zero attached hydrogens (tertiary/aromatic N) is 2. The van der Waals surface area contributed by atoms with Gasteiger partial charge in [0.2, 0.25) is 11.8 Å². The fourth-order valence-electron chi connectivity index (χ4n) is 2.93. The minimum absolute atomic E-state index is 0.0416. The lowest BCUT2D eigenvalue weighted by Crippen LogP contribution is -2.58. The predicted octanol–water partition coefficient (Wildman–Crippen LogP) is 1.02. The smallest absolute Gasteiger partial charge is 0.246 e. The number of hydrogen-bond donors (Lipinski definition) is 0. The van der Waals surface area contributed by atoms with Crippen LogP contribution >= 0.6 is 0 Å². The van der Waals surface area contributed by atoms with E-state index in [2.05, 4.69) is 0 Å². The van der Waals surface area contributed by atoms with Crippen LogP contribution in [-0.2, 0) is 16.1 Å². The van der Waals surface area contributed by atoms with Crippen molar-refractivity contribution in [2.45, 2.75) is 31.5 Å². The fourth-order valence-corrected chi connectivity index (χ4v) is 2.93. The van der Waals surface area contributed by atoms with Gasteiger partial charge in [-0.25, -0.2) is 0 Å². The number of rotatable bonds is 2. The zero-order valence-corrected chi connectivity index (χ0v) is 10.4. The van der Waals surface area contributed by atoms with Gasteiger partial charge in [0.25, 0.3) is 0 Å². The Morgan fingerprint density at radius 1 is 1.06 bits per heavy atom. The quantitative estimate of drug-likeness (QED) is 0.729. The molecule has 2 fully saturated rings. The molecule has 0 aromatic heterocycles. The standard InChI is InChI=1S/C14H16N2O2/c1-15-11-7-8-12(15)14(18)16(13(11)17)9-10-5-3-2-4-6-10/h2-6,11-12H,7-9H2,1H3. The topological polar surface area (TPSA) is 40.6 Å². The fraction of sp³-hybridized carbons (Fsp3) is 0.429. The highest BCUT2D eigenvalue weighted by molar-refractivity contribution is 6.03. The highest BCUT2D eigenvalue weighted by atomic mass is 16.2. The van der Waals surface area contributed by atoms with Crippen molar-refractivity contribution in [2.75, 3.05) is 7.05 Å². The summed E-state index contributed by atoms with van der Waals surface area (Å²) in [4.78, 5) is 27.9. The summed E-state index contributed by atoms with van der Waals surface area (Å²) in [7, 11) is 1.87. The van der Waals surface area contributed by atoms with Crippen molar-refractivity contribution in [1.29, 1.82) is 0 Å². The summed E-state index contributed by atoms with van der Waals surface area (Å²) in [6.07, 6.45) is 1.61. The average molecular weight is 244 g/mol. The Bertz CT molecular complexity index is 462. The minimum Gasteiger partial charge on any atom is -0.283 e. The van der Waals surface area contributed by atoms with Gasteiger partial charge in [-0.2, -0.15) is 0 Å². The van der Waals surface area contributed by atoms with Crippen molar-refractivity contribution < 1.29 is 9.59 Å². The Labute approximate surface area is 106 Å². The molecule has 3 rings (SSSR count). The molecule has 4 heteroatoms. The van der Waals surface area contributed by atoms with E-state index >= 15 is 0 Å². The maximum Gasteiger partial charge on any atom is 0.246 e. The molecule has 1 aromatic carbocycles. The van der Waals surface area contributed by atoms with Gasteiger partial charge in [-0.3, -0.25) is 19.4 Å². The Balaban J connectivity index is 1.85. The van der Waals surface area contributed by atoms with Gasteiger partial charge < -0.3 is 0 Å². The maximum atomic E-state index is 12.3. The van der Waals surface area contributed by atoms with Crippen molar-refractivity contribution in [1.82, 2.24) is 9.80 Å². The first-order valence-corrected chi connectivity index (χ1v) is 6.29. The first-order valence-electron chi connectivity index (χ1n) is 6.29. The van der Waals surface area contributed by atoms with Crippen LogP contribution in [0.25, 0.3) is 0 Å². The molecule has 0 N–H and O–H groups in total. The van der Waals surface area contributed by atoms with Crippen molar-refractivity contribution in [3.8, 4) is 0 Å². The molecule has 2 bridgehead atoms. The molecular formula is C14H16N2O2. The van der Waals surface area contributed by atoms with Gasteiger partial charge in [0.15, 0.2) is 0 Å². The number of likely N-dealkylation sites (tertiary alicyclic amines) is 1.